The SMILES string of the molecule is CCOC(c1ccccc1)C(O)c1sccc1Br. The molecule has 0 saturated heterocycles. The molecule has 96 valence electrons. The van der Waals surface area contributed by atoms with Gasteiger partial charge in [-0.3, -0.25) is 0 Å². The molecule has 2 rings (SSSR count). The largest absolute Gasteiger partial charge is 0.384 e. The molecule has 4 heteroatoms. The number of aliphatic hydroxyl groups excluding tert-OH is 1. The van der Waals surface area contributed by atoms with E-state index in [-0.39, 0.29) is 6.10 Å². The van der Waals surface area contributed by atoms with E-state index in [1.54, 1.807) is 0 Å². The van der Waals surface area contributed by atoms with Crippen LogP contribution in [0.4, 0.5) is 0 Å². The van der Waals surface area contributed by atoms with Crippen LogP contribution in [-0.2, 0) is 4.74 Å². The van der Waals surface area contributed by atoms with Crippen molar-refractivity contribution >= 4 is 27.3 Å². The Morgan fingerprint density at radius 1 is 1.28 bits per heavy atom. The normalized spacial score (nSPS) is 14.4. The number of hydrogen-bond acceptors (Lipinski definition) is 3. The van der Waals surface area contributed by atoms with Crippen molar-refractivity contribution in [2.75, 3.05) is 6.61 Å². The van der Waals surface area contributed by atoms with Crippen molar-refractivity contribution in [2.45, 2.75) is 19.1 Å². The van der Waals surface area contributed by atoms with Crippen molar-refractivity contribution in [3.8, 4) is 0 Å². The van der Waals surface area contributed by atoms with E-state index in [1.807, 2.05) is 48.7 Å². The molecule has 0 aliphatic carbocycles. The van der Waals surface area contributed by atoms with Crippen LogP contribution in [0.5, 0.6) is 0 Å². The molecule has 0 aliphatic heterocycles. The minimum atomic E-state index is -0.651. The third-order valence-electron chi connectivity index (χ3n) is 2.67. The number of benzene rings is 1. The fourth-order valence-electron chi connectivity index (χ4n) is 1.85. The van der Waals surface area contributed by atoms with E-state index in [0.717, 1.165) is 14.9 Å². The van der Waals surface area contributed by atoms with Crippen LogP contribution in [0.15, 0.2) is 46.3 Å². The van der Waals surface area contributed by atoms with E-state index in [4.69, 9.17) is 4.74 Å². The lowest BCUT2D eigenvalue weighted by Crippen LogP contribution is -2.14. The Hall–Kier alpha value is -0.680. The van der Waals surface area contributed by atoms with Gasteiger partial charge in [-0.05, 0) is 39.9 Å². The molecule has 0 saturated carbocycles. The average Bonchev–Trinajstić information content (AvgIpc) is 2.82. The van der Waals surface area contributed by atoms with E-state index in [9.17, 15) is 5.11 Å². The molecule has 18 heavy (non-hydrogen) atoms. The molecule has 0 fully saturated rings. The van der Waals surface area contributed by atoms with E-state index in [2.05, 4.69) is 15.9 Å². The summed E-state index contributed by atoms with van der Waals surface area (Å²) in [5, 5.41) is 12.4. The minimum Gasteiger partial charge on any atom is -0.384 e. The number of thiophene rings is 1. The Kier molecular flexibility index (Phi) is 4.95. The lowest BCUT2D eigenvalue weighted by molar-refractivity contribution is -0.0348. The fraction of sp³-hybridized carbons (Fsp3) is 0.286. The summed E-state index contributed by atoms with van der Waals surface area (Å²) >= 11 is 4.98. The lowest BCUT2D eigenvalue weighted by Gasteiger charge is -2.23. The molecule has 0 aliphatic rings. The summed E-state index contributed by atoms with van der Waals surface area (Å²) in [7, 11) is 0. The zero-order chi connectivity index (χ0) is 13.0. The van der Waals surface area contributed by atoms with Gasteiger partial charge in [0.25, 0.3) is 0 Å². The van der Waals surface area contributed by atoms with Gasteiger partial charge in [0.05, 0.1) is 4.88 Å². The number of hydrogen-bond donors (Lipinski definition) is 1. The van der Waals surface area contributed by atoms with Crippen molar-refractivity contribution < 1.29 is 9.84 Å². The molecular weight excluding hydrogens is 312 g/mol. The van der Waals surface area contributed by atoms with Crippen molar-refractivity contribution in [2.24, 2.45) is 0 Å². The number of rotatable bonds is 5. The standard InChI is InChI=1S/C14H15BrO2S/c1-2-17-13(10-6-4-3-5-7-10)12(16)14-11(15)8-9-18-14/h3-9,12-13,16H,2H2,1H3. The summed E-state index contributed by atoms with van der Waals surface area (Å²) in [5.41, 5.74) is 0.993. The predicted molar refractivity (Wildman–Crippen MR) is 77.8 cm³/mol. The van der Waals surface area contributed by atoms with E-state index >= 15 is 0 Å². The van der Waals surface area contributed by atoms with Gasteiger partial charge >= 0.3 is 0 Å². The van der Waals surface area contributed by atoms with Crippen molar-refractivity contribution in [3.05, 3.63) is 56.7 Å². The monoisotopic (exact) mass is 326 g/mol. The molecular formula is C14H15BrO2S. The van der Waals surface area contributed by atoms with Crippen molar-refractivity contribution in [3.63, 3.8) is 0 Å². The Labute approximate surface area is 119 Å². The van der Waals surface area contributed by atoms with Crippen LogP contribution < -0.4 is 0 Å². The fourth-order valence-corrected chi connectivity index (χ4v) is 3.46. The molecule has 1 aromatic carbocycles. The number of aliphatic hydroxyl groups is 1. The van der Waals surface area contributed by atoms with Crippen LogP contribution in [0, 0.1) is 0 Å². The molecule has 2 aromatic rings. The highest BCUT2D eigenvalue weighted by Gasteiger charge is 2.25. The maximum atomic E-state index is 10.5. The first-order valence-corrected chi connectivity index (χ1v) is 7.48. The Morgan fingerprint density at radius 3 is 2.56 bits per heavy atom. The summed E-state index contributed by atoms with van der Waals surface area (Å²) in [6.45, 7) is 2.51. The van der Waals surface area contributed by atoms with Gasteiger partial charge in [0.15, 0.2) is 0 Å². The molecule has 1 aromatic heterocycles. The van der Waals surface area contributed by atoms with E-state index in [0.29, 0.717) is 6.61 Å². The van der Waals surface area contributed by atoms with Crippen LogP contribution in [-0.4, -0.2) is 11.7 Å². The summed E-state index contributed by atoms with van der Waals surface area (Å²) < 4.78 is 6.64. The quantitative estimate of drug-likeness (QED) is 0.886. The highest BCUT2D eigenvalue weighted by Crippen LogP contribution is 2.38. The molecule has 0 amide bonds. The predicted octanol–water partition coefficient (Wildman–Crippen LogP) is 4.32. The second-order valence-electron chi connectivity index (χ2n) is 3.86. The number of ether oxygens (including phenoxy) is 1. The van der Waals surface area contributed by atoms with Crippen molar-refractivity contribution in [1.29, 1.82) is 0 Å². The summed E-state index contributed by atoms with van der Waals surface area (Å²) in [4.78, 5) is 0.900. The third-order valence-corrected chi connectivity index (χ3v) is 4.62. The maximum absolute atomic E-state index is 10.5. The highest BCUT2D eigenvalue weighted by molar-refractivity contribution is 9.10. The zero-order valence-electron chi connectivity index (χ0n) is 10.0. The van der Waals surface area contributed by atoms with Gasteiger partial charge in [0, 0.05) is 11.1 Å². The molecule has 0 radical (unpaired) electrons. The van der Waals surface area contributed by atoms with E-state index < -0.39 is 6.10 Å². The van der Waals surface area contributed by atoms with Crippen molar-refractivity contribution in [1.82, 2.24) is 0 Å². The topological polar surface area (TPSA) is 29.5 Å². The maximum Gasteiger partial charge on any atom is 0.120 e. The summed E-state index contributed by atoms with van der Waals surface area (Å²) in [6, 6.07) is 11.8. The zero-order valence-corrected chi connectivity index (χ0v) is 12.4. The van der Waals surface area contributed by atoms with Crippen LogP contribution in [0.25, 0.3) is 0 Å². The van der Waals surface area contributed by atoms with Gasteiger partial charge in [-0.25, -0.2) is 0 Å². The number of halogens is 1. The molecule has 0 spiro atoms. The lowest BCUT2D eigenvalue weighted by atomic mass is 10.0. The molecule has 2 atom stereocenters. The first-order chi connectivity index (χ1) is 8.74. The minimum absolute atomic E-state index is 0.328. The smallest absolute Gasteiger partial charge is 0.120 e. The highest BCUT2D eigenvalue weighted by atomic mass is 79.9. The Balaban J connectivity index is 2.28. The average molecular weight is 327 g/mol. The first-order valence-electron chi connectivity index (χ1n) is 5.81. The molecule has 0 bridgehead atoms. The summed E-state index contributed by atoms with van der Waals surface area (Å²) in [5.74, 6) is 0. The van der Waals surface area contributed by atoms with Crippen LogP contribution in [0.1, 0.15) is 29.6 Å². The second kappa shape index (κ2) is 6.48. The van der Waals surface area contributed by atoms with Gasteiger partial charge in [0.2, 0.25) is 0 Å². The van der Waals surface area contributed by atoms with Crippen LogP contribution >= 0.6 is 27.3 Å². The third kappa shape index (κ3) is 3.01. The van der Waals surface area contributed by atoms with Gasteiger partial charge < -0.3 is 9.84 Å². The van der Waals surface area contributed by atoms with Gasteiger partial charge in [0.1, 0.15) is 12.2 Å². The molecule has 2 unspecified atom stereocenters. The first kappa shape index (κ1) is 13.7. The second-order valence-corrected chi connectivity index (χ2v) is 5.67. The van der Waals surface area contributed by atoms with Gasteiger partial charge in [-0.1, -0.05) is 30.3 Å². The van der Waals surface area contributed by atoms with E-state index in [1.165, 1.54) is 11.3 Å². The van der Waals surface area contributed by atoms with Crippen LogP contribution in [0.2, 0.25) is 0 Å². The van der Waals surface area contributed by atoms with Gasteiger partial charge in [-0.15, -0.1) is 11.3 Å². The Bertz CT molecular complexity index is 484. The Morgan fingerprint density at radius 2 is 2.00 bits per heavy atom. The molecule has 1 heterocycles. The van der Waals surface area contributed by atoms with Gasteiger partial charge in [-0.2, -0.15) is 0 Å². The van der Waals surface area contributed by atoms with Crippen LogP contribution in [0.3, 0.4) is 0 Å². The molecule has 2 nitrogen and oxygen atoms in total. The summed E-state index contributed by atoms with van der Waals surface area (Å²) in [6.07, 6.45) is -0.979. The molecule has 1 N–H and O–H groups in total.